The van der Waals surface area contributed by atoms with Gasteiger partial charge in [-0.05, 0) is 95.1 Å². The van der Waals surface area contributed by atoms with E-state index in [-0.39, 0.29) is 0 Å². The van der Waals surface area contributed by atoms with E-state index in [1.807, 2.05) is 36.4 Å². The van der Waals surface area contributed by atoms with Crippen LogP contribution in [0.3, 0.4) is 0 Å². The molecule has 0 radical (unpaired) electrons. The molecule has 0 aliphatic rings. The van der Waals surface area contributed by atoms with Crippen LogP contribution in [-0.4, -0.2) is 24.1 Å². The maximum absolute atomic E-state index is 5.05. The first-order valence-electron chi connectivity index (χ1n) is 20.9. The van der Waals surface area contributed by atoms with E-state index in [4.69, 9.17) is 15.0 Å². The van der Waals surface area contributed by atoms with Crippen LogP contribution in [0.2, 0.25) is 0 Å². The van der Waals surface area contributed by atoms with Crippen molar-refractivity contribution in [2.75, 3.05) is 0 Å². The van der Waals surface area contributed by atoms with Gasteiger partial charge in [-0.1, -0.05) is 152 Å². The van der Waals surface area contributed by atoms with Crippen molar-refractivity contribution in [3.05, 3.63) is 224 Å². The molecule has 0 aliphatic heterocycles. The average molecular weight is 792 g/mol. The molecule has 12 rings (SSSR count). The van der Waals surface area contributed by atoms with Crippen molar-refractivity contribution >= 4 is 43.6 Å². The molecule has 3 heterocycles. The molecule has 0 N–H and O–H groups in total. The van der Waals surface area contributed by atoms with Gasteiger partial charge in [0, 0.05) is 49.6 Å². The normalized spacial score (nSPS) is 11.5. The van der Waals surface area contributed by atoms with Crippen molar-refractivity contribution in [1.29, 1.82) is 0 Å². The fourth-order valence-corrected chi connectivity index (χ4v) is 8.99. The van der Waals surface area contributed by atoms with Gasteiger partial charge in [0.25, 0.3) is 0 Å². The molecule has 0 spiro atoms. The highest BCUT2D eigenvalue weighted by atomic mass is 15.0. The molecule has 0 aliphatic carbocycles. The van der Waals surface area contributed by atoms with Crippen LogP contribution in [0.15, 0.2) is 224 Å². The van der Waals surface area contributed by atoms with E-state index in [9.17, 15) is 0 Å². The first kappa shape index (κ1) is 35.5. The second-order valence-corrected chi connectivity index (χ2v) is 15.7. The molecule has 12 aromatic rings. The molecule has 0 saturated carbocycles. The molecule has 0 amide bonds. The monoisotopic (exact) mass is 791 g/mol. The summed E-state index contributed by atoms with van der Waals surface area (Å²) in [5.74, 6) is 1.90. The summed E-state index contributed by atoms with van der Waals surface area (Å²) in [7, 11) is 0. The Balaban J connectivity index is 0.930. The van der Waals surface area contributed by atoms with Crippen molar-refractivity contribution in [1.82, 2.24) is 24.1 Å². The van der Waals surface area contributed by atoms with E-state index in [1.165, 1.54) is 49.3 Å². The largest absolute Gasteiger partial charge is 0.309 e. The third-order valence-electron chi connectivity index (χ3n) is 12.0. The maximum Gasteiger partial charge on any atom is 0.164 e. The fraction of sp³-hybridized carbons (Fsp3) is 0. The van der Waals surface area contributed by atoms with Gasteiger partial charge in [-0.15, -0.1) is 0 Å². The first-order chi connectivity index (χ1) is 30.7. The minimum absolute atomic E-state index is 0.628. The Hall–Kier alpha value is -8.41. The van der Waals surface area contributed by atoms with E-state index in [0.29, 0.717) is 17.5 Å². The van der Waals surface area contributed by atoms with E-state index in [2.05, 4.69) is 197 Å². The van der Waals surface area contributed by atoms with Crippen LogP contribution in [0, 0.1) is 0 Å². The third-order valence-corrected chi connectivity index (χ3v) is 12.0. The van der Waals surface area contributed by atoms with Gasteiger partial charge >= 0.3 is 0 Å². The molecular weight excluding hydrogens is 755 g/mol. The lowest BCUT2D eigenvalue weighted by Gasteiger charge is -2.11. The molecule has 62 heavy (non-hydrogen) atoms. The van der Waals surface area contributed by atoms with Crippen LogP contribution in [0.5, 0.6) is 0 Å². The summed E-state index contributed by atoms with van der Waals surface area (Å²) in [5.41, 5.74) is 14.4. The molecule has 3 aromatic heterocycles. The van der Waals surface area contributed by atoms with Gasteiger partial charge in [-0.3, -0.25) is 0 Å². The lowest BCUT2D eigenvalue weighted by atomic mass is 10.0. The van der Waals surface area contributed by atoms with Crippen LogP contribution in [0.1, 0.15) is 0 Å². The number of rotatable bonds is 7. The van der Waals surface area contributed by atoms with Crippen molar-refractivity contribution in [3.8, 4) is 67.8 Å². The van der Waals surface area contributed by atoms with Gasteiger partial charge in [0.05, 0.1) is 22.1 Å². The number of fused-ring (bicyclic) bond motifs is 6. The van der Waals surface area contributed by atoms with Crippen LogP contribution in [0.4, 0.5) is 0 Å². The number of para-hydroxylation sites is 3. The highest BCUT2D eigenvalue weighted by Crippen LogP contribution is 2.39. The summed E-state index contributed by atoms with van der Waals surface area (Å²) in [6, 6.07) is 79.3. The molecule has 0 unspecified atom stereocenters. The Morgan fingerprint density at radius 3 is 1.05 bits per heavy atom. The van der Waals surface area contributed by atoms with E-state index >= 15 is 0 Å². The van der Waals surface area contributed by atoms with Crippen LogP contribution in [-0.2, 0) is 0 Å². The predicted molar refractivity (Wildman–Crippen MR) is 256 cm³/mol. The predicted octanol–water partition coefficient (Wildman–Crippen LogP) is 14.4. The van der Waals surface area contributed by atoms with Crippen LogP contribution < -0.4 is 0 Å². The van der Waals surface area contributed by atoms with Gasteiger partial charge in [-0.25, -0.2) is 15.0 Å². The summed E-state index contributed by atoms with van der Waals surface area (Å²) in [6.07, 6.45) is 0. The molecule has 0 bridgehead atoms. The van der Waals surface area contributed by atoms with Crippen LogP contribution >= 0.6 is 0 Å². The summed E-state index contributed by atoms with van der Waals surface area (Å²) >= 11 is 0. The topological polar surface area (TPSA) is 48.5 Å². The number of benzene rings is 9. The summed E-state index contributed by atoms with van der Waals surface area (Å²) in [6.45, 7) is 0. The second-order valence-electron chi connectivity index (χ2n) is 15.7. The first-order valence-corrected chi connectivity index (χ1v) is 20.9. The van der Waals surface area contributed by atoms with Crippen molar-refractivity contribution < 1.29 is 0 Å². The quantitative estimate of drug-likeness (QED) is 0.162. The smallest absolute Gasteiger partial charge is 0.164 e. The van der Waals surface area contributed by atoms with Gasteiger partial charge in [-0.2, -0.15) is 0 Å². The minimum atomic E-state index is 0.628. The molecule has 9 aromatic carbocycles. The van der Waals surface area contributed by atoms with Gasteiger partial charge in [0.15, 0.2) is 17.5 Å². The lowest BCUT2D eigenvalue weighted by Crippen LogP contribution is -2.00. The molecule has 5 heteroatoms. The zero-order valence-corrected chi connectivity index (χ0v) is 33.6. The molecule has 290 valence electrons. The Morgan fingerprint density at radius 1 is 0.226 bits per heavy atom. The van der Waals surface area contributed by atoms with E-state index < -0.39 is 0 Å². The van der Waals surface area contributed by atoms with Crippen molar-refractivity contribution in [2.24, 2.45) is 0 Å². The summed E-state index contributed by atoms with van der Waals surface area (Å²) < 4.78 is 4.72. The Morgan fingerprint density at radius 2 is 0.548 bits per heavy atom. The second kappa shape index (κ2) is 14.7. The Kier molecular flexibility index (Phi) is 8.42. The highest BCUT2D eigenvalue weighted by Gasteiger charge is 2.17. The Bertz CT molecular complexity index is 3590. The van der Waals surface area contributed by atoms with E-state index in [1.54, 1.807) is 0 Å². The number of aromatic nitrogens is 5. The molecular formula is C57H37N5. The maximum atomic E-state index is 5.05. The van der Waals surface area contributed by atoms with Gasteiger partial charge in [0.2, 0.25) is 0 Å². The fourth-order valence-electron chi connectivity index (χ4n) is 8.99. The molecule has 0 atom stereocenters. The third kappa shape index (κ3) is 6.06. The standard InChI is InChI=1S/C57H37N5/c1-4-14-38(15-5-1)39-24-26-41(27-25-39)56-58-55(40-16-6-2-7-17-40)59-57(60-56)42-28-32-46(33-29-42)62-52-23-13-11-21-48(52)50-37-44(31-35-54(50)62)43-30-34-53-49(36-43)47-20-10-12-22-51(47)61(53)45-18-8-3-9-19-45/h1-37H. The Labute approximate surface area is 358 Å². The number of hydrogen-bond donors (Lipinski definition) is 0. The zero-order valence-electron chi connectivity index (χ0n) is 33.6. The molecule has 5 nitrogen and oxygen atoms in total. The zero-order chi connectivity index (χ0) is 41.0. The lowest BCUT2D eigenvalue weighted by molar-refractivity contribution is 1.07. The van der Waals surface area contributed by atoms with E-state index in [0.717, 1.165) is 44.7 Å². The number of nitrogens with zero attached hydrogens (tertiary/aromatic N) is 5. The number of hydrogen-bond acceptors (Lipinski definition) is 3. The summed E-state index contributed by atoms with van der Waals surface area (Å²) in [4.78, 5) is 15.0. The molecule has 0 fully saturated rings. The average Bonchev–Trinajstić information content (AvgIpc) is 3.87. The van der Waals surface area contributed by atoms with Crippen molar-refractivity contribution in [3.63, 3.8) is 0 Å². The van der Waals surface area contributed by atoms with Crippen molar-refractivity contribution in [2.45, 2.75) is 0 Å². The van der Waals surface area contributed by atoms with Gasteiger partial charge in [0.1, 0.15) is 0 Å². The highest BCUT2D eigenvalue weighted by molar-refractivity contribution is 6.12. The summed E-state index contributed by atoms with van der Waals surface area (Å²) in [5, 5.41) is 4.91. The molecule has 0 saturated heterocycles. The minimum Gasteiger partial charge on any atom is -0.309 e. The SMILES string of the molecule is c1ccc(-c2ccc(-c3nc(-c4ccccc4)nc(-c4ccc(-n5c6ccccc6c6cc(-c7ccc8c(c7)c7ccccc7n8-c7ccccc7)ccc65)cc4)n3)cc2)cc1. The van der Waals surface area contributed by atoms with Gasteiger partial charge < -0.3 is 9.13 Å². The van der Waals surface area contributed by atoms with Crippen LogP contribution in [0.25, 0.3) is 111 Å².